The maximum atomic E-state index is 4.31. The van der Waals surface area contributed by atoms with Crippen LogP contribution in [0.3, 0.4) is 0 Å². The molecule has 0 nitrogen and oxygen atoms in total. The third-order valence-electron chi connectivity index (χ3n) is 12.4. The Labute approximate surface area is 285 Å². The van der Waals surface area contributed by atoms with Gasteiger partial charge in [0.1, 0.15) is 0 Å². The maximum Gasteiger partial charge on any atom is 0.00787 e. The Morgan fingerprint density at radius 1 is 0.830 bits per heavy atom. The van der Waals surface area contributed by atoms with E-state index in [0.29, 0.717) is 11.8 Å². The van der Waals surface area contributed by atoms with E-state index in [2.05, 4.69) is 122 Å². The molecular weight excluding hydrogens is 565 g/mol. The van der Waals surface area contributed by atoms with E-state index in [1.54, 1.807) is 16.7 Å². The summed E-state index contributed by atoms with van der Waals surface area (Å²) in [5.74, 6) is 3.84. The van der Waals surface area contributed by atoms with E-state index in [1.807, 2.05) is 0 Å². The molecule has 1 atom stereocenters. The average molecular weight is 621 g/mol. The van der Waals surface area contributed by atoms with Crippen LogP contribution in [0.1, 0.15) is 124 Å². The first-order valence-corrected chi connectivity index (χ1v) is 18.5. The maximum absolute atomic E-state index is 4.31. The first-order chi connectivity index (χ1) is 22.4. The number of allylic oxidation sites excluding steroid dienone is 5. The van der Waals surface area contributed by atoms with Crippen LogP contribution in [-0.2, 0) is 12.8 Å². The van der Waals surface area contributed by atoms with Crippen LogP contribution in [0.5, 0.6) is 0 Å². The second kappa shape index (κ2) is 12.3. The minimum absolute atomic E-state index is 0.210. The van der Waals surface area contributed by atoms with E-state index in [4.69, 9.17) is 0 Å². The summed E-state index contributed by atoms with van der Waals surface area (Å²) in [6.45, 7) is 24.7. The molecule has 244 valence electrons. The van der Waals surface area contributed by atoms with Gasteiger partial charge in [0.05, 0.1) is 0 Å². The molecule has 0 radical (unpaired) electrons. The van der Waals surface area contributed by atoms with E-state index in [0.717, 1.165) is 30.6 Å². The van der Waals surface area contributed by atoms with Gasteiger partial charge in [-0.1, -0.05) is 105 Å². The smallest absolute Gasteiger partial charge is 0.00787 e. The van der Waals surface area contributed by atoms with Crippen LogP contribution in [0.4, 0.5) is 0 Å². The zero-order valence-corrected chi connectivity index (χ0v) is 30.2. The van der Waals surface area contributed by atoms with Gasteiger partial charge in [-0.05, 0) is 175 Å². The van der Waals surface area contributed by atoms with Crippen LogP contribution in [0.2, 0.25) is 0 Å². The third kappa shape index (κ3) is 6.07. The molecule has 0 aliphatic heterocycles. The lowest BCUT2D eigenvalue weighted by atomic mass is 9.62. The Morgan fingerprint density at radius 2 is 1.51 bits per heavy atom. The van der Waals surface area contributed by atoms with Gasteiger partial charge in [0.15, 0.2) is 0 Å². The molecule has 7 rings (SSSR count). The molecule has 0 amide bonds. The quantitative estimate of drug-likeness (QED) is 0.231. The lowest BCUT2D eigenvalue weighted by molar-refractivity contribution is 0.110. The Hall–Kier alpha value is -3.38. The summed E-state index contributed by atoms with van der Waals surface area (Å²) in [7, 11) is 0. The fourth-order valence-corrected chi connectivity index (χ4v) is 9.52. The average Bonchev–Trinajstić information content (AvgIpc) is 3.59. The molecule has 4 aliphatic rings. The molecule has 3 aromatic carbocycles. The molecule has 0 spiro atoms. The minimum Gasteiger partial charge on any atom is -0.0999 e. The van der Waals surface area contributed by atoms with Crippen molar-refractivity contribution in [1.29, 1.82) is 0 Å². The van der Waals surface area contributed by atoms with E-state index < -0.39 is 0 Å². The number of benzene rings is 3. The van der Waals surface area contributed by atoms with Gasteiger partial charge in [-0.15, -0.1) is 0 Å². The van der Waals surface area contributed by atoms with Crippen molar-refractivity contribution in [3.05, 3.63) is 123 Å². The van der Waals surface area contributed by atoms with E-state index in [9.17, 15) is 0 Å². The molecule has 2 fully saturated rings. The summed E-state index contributed by atoms with van der Waals surface area (Å²) in [4.78, 5) is 0. The predicted octanol–water partition coefficient (Wildman–Crippen LogP) is 13.1. The van der Waals surface area contributed by atoms with Crippen molar-refractivity contribution in [3.8, 4) is 11.1 Å². The highest BCUT2D eigenvalue weighted by molar-refractivity contribution is 5.94. The Kier molecular flexibility index (Phi) is 8.39. The monoisotopic (exact) mass is 620 g/mol. The molecular formula is C47H56. The van der Waals surface area contributed by atoms with Gasteiger partial charge < -0.3 is 0 Å². The number of rotatable bonds is 7. The summed E-state index contributed by atoms with van der Waals surface area (Å²) in [5, 5.41) is 0. The van der Waals surface area contributed by atoms with Crippen LogP contribution in [-0.4, -0.2) is 0 Å². The van der Waals surface area contributed by atoms with Crippen LogP contribution in [0, 0.1) is 42.9 Å². The van der Waals surface area contributed by atoms with Crippen LogP contribution >= 0.6 is 0 Å². The van der Waals surface area contributed by atoms with E-state index in [-0.39, 0.29) is 5.41 Å². The predicted molar refractivity (Wildman–Crippen MR) is 205 cm³/mol. The van der Waals surface area contributed by atoms with E-state index in [1.165, 1.54) is 99.8 Å². The van der Waals surface area contributed by atoms with Crippen LogP contribution in [0.15, 0.2) is 78.9 Å². The number of hydrogen-bond donors (Lipinski definition) is 0. The van der Waals surface area contributed by atoms with Crippen LogP contribution < -0.4 is 0 Å². The van der Waals surface area contributed by atoms with Gasteiger partial charge in [0.25, 0.3) is 0 Å². The highest BCUT2D eigenvalue weighted by Gasteiger charge is 2.40. The number of aryl methyl sites for hydroxylation is 2. The molecule has 47 heavy (non-hydrogen) atoms. The Morgan fingerprint density at radius 3 is 2.15 bits per heavy atom. The first-order valence-electron chi connectivity index (χ1n) is 18.5. The molecule has 0 saturated heterocycles. The molecule has 1 unspecified atom stereocenters. The van der Waals surface area contributed by atoms with Gasteiger partial charge in [-0.2, -0.15) is 0 Å². The highest BCUT2D eigenvalue weighted by Crippen LogP contribution is 2.54. The molecule has 0 heterocycles. The first kappa shape index (κ1) is 32.2. The van der Waals surface area contributed by atoms with Gasteiger partial charge in [-0.3, -0.25) is 0 Å². The molecule has 0 N–H and O–H groups in total. The lowest BCUT2D eigenvalue weighted by Crippen LogP contribution is -2.33. The summed E-state index contributed by atoms with van der Waals surface area (Å²) in [6, 6.07) is 19.1. The summed E-state index contributed by atoms with van der Waals surface area (Å²) in [5.41, 5.74) is 20.2. The largest absolute Gasteiger partial charge is 0.0999 e. The van der Waals surface area contributed by atoms with Crippen molar-refractivity contribution in [1.82, 2.24) is 0 Å². The fraction of sp³-hybridized carbons (Fsp3) is 0.447. The topological polar surface area (TPSA) is 0 Å². The standard InChI is InChI=1S/C47H56/c1-28(2)20-41-31(6)21-39-24-38(26-43(39)46(41)34-12-10-30(5)11-13-34)35-18-19-40-44(25-35)42(27-45(40)47(7,8)9)33-16-14-32(15-17-33)37-22-36(23-37)29(3)4/h10-13,18-19,21,24-25,27,32-33,36-37,45H,1,3,14-17,20,22-23,26H2,2,4-9H3. The van der Waals surface area contributed by atoms with Crippen LogP contribution in [0.25, 0.3) is 28.3 Å². The molecule has 3 aromatic rings. The van der Waals surface area contributed by atoms with Crippen molar-refractivity contribution in [2.45, 2.75) is 106 Å². The Bertz CT molecular complexity index is 1780. The zero-order valence-electron chi connectivity index (χ0n) is 30.2. The molecule has 0 heteroatoms. The number of hydrogen-bond acceptors (Lipinski definition) is 0. The molecule has 0 aromatic heterocycles. The highest BCUT2D eigenvalue weighted by atomic mass is 14.4. The summed E-state index contributed by atoms with van der Waals surface area (Å²) < 4.78 is 0. The van der Waals surface area contributed by atoms with Crippen molar-refractivity contribution in [2.75, 3.05) is 0 Å². The van der Waals surface area contributed by atoms with Gasteiger partial charge in [0.2, 0.25) is 0 Å². The summed E-state index contributed by atoms with van der Waals surface area (Å²) >= 11 is 0. The summed E-state index contributed by atoms with van der Waals surface area (Å²) in [6.07, 6.45) is 15.4. The second-order valence-corrected chi connectivity index (χ2v) is 17.1. The minimum atomic E-state index is 0.210. The van der Waals surface area contributed by atoms with Gasteiger partial charge in [0, 0.05) is 5.92 Å². The van der Waals surface area contributed by atoms with Gasteiger partial charge >= 0.3 is 0 Å². The molecule has 4 aliphatic carbocycles. The van der Waals surface area contributed by atoms with Crippen molar-refractivity contribution < 1.29 is 0 Å². The SMILES string of the molecule is C=C(C)Cc1c(C)cc2c(c1-c1ccc(C)cc1)CC(c1ccc3c(c1)C(C1CCC(C4CC(C(=C)C)C4)CC1)=CC3C(C)(C)C)=C2. The van der Waals surface area contributed by atoms with Crippen molar-refractivity contribution in [2.24, 2.45) is 29.1 Å². The molecule has 2 saturated carbocycles. The molecule has 0 bridgehead atoms. The fourth-order valence-electron chi connectivity index (χ4n) is 9.52. The normalized spacial score (nSPS) is 25.0. The number of fused-ring (bicyclic) bond motifs is 2. The van der Waals surface area contributed by atoms with Gasteiger partial charge in [-0.25, -0.2) is 0 Å². The van der Waals surface area contributed by atoms with E-state index >= 15 is 0 Å². The third-order valence-corrected chi connectivity index (χ3v) is 12.4. The van der Waals surface area contributed by atoms with Crippen molar-refractivity contribution >= 4 is 17.2 Å². The zero-order chi connectivity index (χ0) is 33.2. The lowest BCUT2D eigenvalue weighted by Gasteiger charge is -2.44. The van der Waals surface area contributed by atoms with Crippen molar-refractivity contribution in [3.63, 3.8) is 0 Å². The second-order valence-electron chi connectivity index (χ2n) is 17.1. The Balaban J connectivity index is 1.19.